The molecule has 0 fully saturated rings. The molecule has 88 valence electrons. The van der Waals surface area contributed by atoms with Crippen molar-refractivity contribution in [3.63, 3.8) is 0 Å². The summed E-state index contributed by atoms with van der Waals surface area (Å²) in [5.74, 6) is -4.32. The van der Waals surface area contributed by atoms with Gasteiger partial charge in [0, 0.05) is 0 Å². The number of carbonyl (C=O) groups is 2. The number of phosphoric acid groups is 1. The van der Waals surface area contributed by atoms with Crippen LogP contribution in [0.5, 0.6) is 0 Å². The van der Waals surface area contributed by atoms with Gasteiger partial charge in [-0.25, -0.2) is 24.3 Å². The van der Waals surface area contributed by atoms with E-state index in [0.717, 1.165) is 6.19 Å². The van der Waals surface area contributed by atoms with E-state index < -0.39 is 30.0 Å². The van der Waals surface area contributed by atoms with E-state index >= 15 is 0 Å². The van der Waals surface area contributed by atoms with E-state index in [2.05, 4.69) is 9.36 Å². The van der Waals surface area contributed by atoms with Crippen molar-refractivity contribution in [2.24, 2.45) is 0 Å². The van der Waals surface area contributed by atoms with Crippen LogP contribution in [0.2, 0.25) is 0 Å². The van der Waals surface area contributed by atoms with Gasteiger partial charge in [-0.3, -0.25) is 14.6 Å². The average Bonchev–Trinajstić information content (AvgIpc) is 2.10. The van der Waals surface area contributed by atoms with Crippen molar-refractivity contribution in [1.82, 2.24) is 5.17 Å². The smallest absolute Gasteiger partial charge is 0.362 e. The average molecular weight is 255 g/mol. The highest BCUT2D eigenvalue weighted by Gasteiger charge is 2.32. The summed E-state index contributed by atoms with van der Waals surface area (Å²) in [4.78, 5) is 50.6. The van der Waals surface area contributed by atoms with Crippen LogP contribution >= 0.6 is 7.82 Å². The van der Waals surface area contributed by atoms with Gasteiger partial charge in [-0.2, -0.15) is 5.26 Å². The fourth-order valence-corrected chi connectivity index (χ4v) is 0.642. The summed E-state index contributed by atoms with van der Waals surface area (Å²) in [5.41, 5.74) is 0. The van der Waals surface area contributed by atoms with Crippen LogP contribution in [0.25, 0.3) is 0 Å². The molecule has 2 N–H and O–H groups in total. The molecule has 0 radical (unpaired) electrons. The first kappa shape index (κ1) is 13.8. The zero-order valence-electron chi connectivity index (χ0n) is 7.04. The lowest BCUT2D eigenvalue weighted by molar-refractivity contribution is -0.702. The maximum atomic E-state index is 10.6. The maximum Gasteiger partial charge on any atom is 0.527 e. The number of carbonyl (C=O) groups excluding carboxylic acids is 2. The highest BCUT2D eigenvalue weighted by Crippen LogP contribution is 2.35. The Labute approximate surface area is 85.9 Å². The summed E-state index contributed by atoms with van der Waals surface area (Å²) in [6, 6.07) is 0. The van der Waals surface area contributed by atoms with Crippen LogP contribution in [0.15, 0.2) is 0 Å². The number of hydrazine groups is 1. The second-order valence-corrected chi connectivity index (χ2v) is 3.02. The van der Waals surface area contributed by atoms with Crippen molar-refractivity contribution in [1.29, 1.82) is 5.26 Å². The van der Waals surface area contributed by atoms with Gasteiger partial charge in [0.1, 0.15) is 0 Å². The van der Waals surface area contributed by atoms with Gasteiger partial charge < -0.3 is 4.52 Å². The Morgan fingerprint density at radius 2 is 1.94 bits per heavy atom. The summed E-state index contributed by atoms with van der Waals surface area (Å²) >= 11 is 0. The number of hydrogen-bond donors (Lipinski definition) is 2. The van der Waals surface area contributed by atoms with Gasteiger partial charge in [-0.1, -0.05) is 0 Å². The molecular weight excluding hydrogens is 253 g/mol. The summed E-state index contributed by atoms with van der Waals surface area (Å²) < 4.78 is 13.3. The second kappa shape index (κ2) is 5.03. The lowest BCUT2D eigenvalue weighted by Gasteiger charge is -2.04. The highest BCUT2D eigenvalue weighted by atomic mass is 31.2. The van der Waals surface area contributed by atoms with Gasteiger partial charge in [-0.15, -0.1) is 0 Å². The number of nitriles is 1. The molecule has 0 atom stereocenters. The third-order valence-electron chi connectivity index (χ3n) is 0.772. The second-order valence-electron chi connectivity index (χ2n) is 1.86. The van der Waals surface area contributed by atoms with Crippen LogP contribution in [0.1, 0.15) is 0 Å². The van der Waals surface area contributed by atoms with Crippen molar-refractivity contribution in [3.8, 4) is 6.19 Å². The molecule has 0 aliphatic heterocycles. The highest BCUT2D eigenvalue weighted by molar-refractivity contribution is 7.47. The van der Waals surface area contributed by atoms with Crippen LogP contribution in [-0.4, -0.2) is 31.9 Å². The molecule has 0 unspecified atom stereocenters. The Morgan fingerprint density at radius 3 is 2.25 bits per heavy atom. The molecule has 0 rings (SSSR count). The van der Waals surface area contributed by atoms with Gasteiger partial charge in [0.05, 0.1) is 0 Å². The van der Waals surface area contributed by atoms with E-state index in [1.165, 1.54) is 0 Å². The number of nitrogens with zero attached hydrogens (tertiary/aromatic N) is 3. The monoisotopic (exact) mass is 255 g/mol. The lowest BCUT2D eigenvalue weighted by atomic mass is 10.7. The van der Waals surface area contributed by atoms with E-state index in [9.17, 15) is 24.3 Å². The van der Waals surface area contributed by atoms with Crippen molar-refractivity contribution in [2.45, 2.75) is 0 Å². The third-order valence-corrected chi connectivity index (χ3v) is 1.18. The van der Waals surface area contributed by atoms with E-state index in [-0.39, 0.29) is 0 Å². The zero-order valence-corrected chi connectivity index (χ0v) is 7.94. The number of hydroxylamine groups is 1. The SMILES string of the molecule is N#CN(OC(=O)C(=O)OP(=O)(O)O)[N+](=O)[O-]. The predicted molar refractivity (Wildman–Crippen MR) is 38.7 cm³/mol. The van der Waals surface area contributed by atoms with E-state index in [0.29, 0.717) is 0 Å². The largest absolute Gasteiger partial charge is 0.527 e. The lowest BCUT2D eigenvalue weighted by Crippen LogP contribution is -2.32. The van der Waals surface area contributed by atoms with Crippen LogP contribution in [0.3, 0.4) is 0 Å². The van der Waals surface area contributed by atoms with Gasteiger partial charge >= 0.3 is 19.8 Å². The van der Waals surface area contributed by atoms with E-state index in [4.69, 9.17) is 15.0 Å². The topological polar surface area (TPSA) is 180 Å². The van der Waals surface area contributed by atoms with E-state index in [1.807, 2.05) is 0 Å². The Kier molecular flexibility index (Phi) is 4.33. The minimum absolute atomic E-state index is 0.739. The van der Waals surface area contributed by atoms with Crippen LogP contribution < -0.4 is 0 Å². The molecule has 0 aliphatic carbocycles. The number of hydrogen-bond acceptors (Lipinski definition) is 8. The Bertz CT molecular complexity index is 405. The molecule has 0 aromatic carbocycles. The van der Waals surface area contributed by atoms with E-state index in [1.54, 1.807) is 0 Å². The summed E-state index contributed by atoms with van der Waals surface area (Å²) in [7, 11) is -5.27. The number of nitro groups is 1. The van der Waals surface area contributed by atoms with Crippen molar-refractivity contribution in [3.05, 3.63) is 10.1 Å². The maximum absolute atomic E-state index is 10.6. The molecule has 0 bridgehead atoms. The molecule has 0 aromatic rings. The molecule has 0 saturated heterocycles. The molecule has 0 amide bonds. The van der Waals surface area contributed by atoms with Crippen LogP contribution in [0, 0.1) is 21.6 Å². The molecule has 0 heterocycles. The van der Waals surface area contributed by atoms with Gasteiger partial charge in [0.15, 0.2) is 5.17 Å². The quantitative estimate of drug-likeness (QED) is 0.143. The normalized spacial score (nSPS) is 9.81. The minimum Gasteiger partial charge on any atom is -0.362 e. The van der Waals surface area contributed by atoms with Crippen molar-refractivity contribution in [2.75, 3.05) is 0 Å². The molecular formula is C3H2N3O9P. The Balaban J connectivity index is 4.49. The summed E-state index contributed by atoms with van der Waals surface area (Å²) in [5, 5.41) is 15.6. The standard InChI is InChI=1S/C3H2N3O9P/c4-1-5(6(9)10)14-2(7)3(8)15-16(11,12)13/h(H2,11,12,13). The first-order valence-corrected chi connectivity index (χ1v) is 4.56. The van der Waals surface area contributed by atoms with Crippen molar-refractivity contribution < 1.29 is 38.3 Å². The third kappa shape index (κ3) is 4.86. The van der Waals surface area contributed by atoms with Crippen LogP contribution in [-0.2, 0) is 23.5 Å². The van der Waals surface area contributed by atoms with Gasteiger partial charge in [0.2, 0.25) is 5.03 Å². The molecule has 12 nitrogen and oxygen atoms in total. The first-order valence-electron chi connectivity index (χ1n) is 3.03. The molecule has 0 aliphatic rings. The fraction of sp³-hybridized carbons (Fsp3) is 0. The molecule has 0 spiro atoms. The minimum atomic E-state index is -5.27. The van der Waals surface area contributed by atoms with Gasteiger partial charge in [0.25, 0.3) is 6.19 Å². The predicted octanol–water partition coefficient (Wildman–Crippen LogP) is -1.94. The molecule has 13 heteroatoms. The Hall–Kier alpha value is -2.22. The summed E-state index contributed by atoms with van der Waals surface area (Å²) in [6.45, 7) is 0. The van der Waals surface area contributed by atoms with Gasteiger partial charge in [-0.05, 0) is 0 Å². The molecule has 16 heavy (non-hydrogen) atoms. The fourth-order valence-electron chi connectivity index (χ4n) is 0.351. The molecule has 0 aromatic heterocycles. The van der Waals surface area contributed by atoms with Crippen molar-refractivity contribution >= 4 is 19.8 Å². The Morgan fingerprint density at radius 1 is 1.44 bits per heavy atom. The zero-order chi connectivity index (χ0) is 12.9. The number of phosphoric ester groups is 1. The first-order chi connectivity index (χ1) is 7.17. The van der Waals surface area contributed by atoms with Crippen LogP contribution in [0.4, 0.5) is 0 Å². The summed E-state index contributed by atoms with van der Waals surface area (Å²) in [6.07, 6.45) is 0.739. The molecule has 0 saturated carbocycles. The number of rotatable bonds is 3.